The second-order valence-electron chi connectivity index (χ2n) is 10.1. The minimum atomic E-state index is -4.99. The number of benzene rings is 2. The molecule has 0 unspecified atom stereocenters. The van der Waals surface area contributed by atoms with Gasteiger partial charge in [0.25, 0.3) is 5.56 Å². The molecular weight excluding hydrogens is 516 g/mol. The van der Waals surface area contributed by atoms with Gasteiger partial charge in [-0.15, -0.1) is 13.2 Å². The van der Waals surface area contributed by atoms with Gasteiger partial charge in [-0.2, -0.15) is 10.1 Å². The van der Waals surface area contributed by atoms with Gasteiger partial charge in [-0.3, -0.25) is 14.9 Å². The SMILES string of the molecule is C=C(c1cc(F)cc(OC(F)(F)F)c1)c1[nH]nc2nc(N3CCC4(CC3)Cc3ccccc3[C@H]4N)[nH]c(=O)c12. The quantitative estimate of drug-likeness (QED) is 0.327. The number of ether oxygens (including phenoxy) is 1. The summed E-state index contributed by atoms with van der Waals surface area (Å²) in [6.07, 6.45) is -2.42. The molecule has 0 amide bonds. The van der Waals surface area contributed by atoms with Crippen molar-refractivity contribution < 1.29 is 22.3 Å². The van der Waals surface area contributed by atoms with Crippen LogP contribution in [-0.4, -0.2) is 39.6 Å². The van der Waals surface area contributed by atoms with Crippen LogP contribution in [0.4, 0.5) is 23.5 Å². The molecule has 39 heavy (non-hydrogen) atoms. The number of nitrogens with two attached hydrogens (primary N) is 1. The Morgan fingerprint density at radius 1 is 1.18 bits per heavy atom. The van der Waals surface area contributed by atoms with E-state index in [1.54, 1.807) is 0 Å². The summed E-state index contributed by atoms with van der Waals surface area (Å²) >= 11 is 0. The molecule has 0 radical (unpaired) electrons. The van der Waals surface area contributed by atoms with Crippen LogP contribution < -0.4 is 20.9 Å². The average molecular weight is 541 g/mol. The van der Waals surface area contributed by atoms with Gasteiger partial charge < -0.3 is 15.4 Å². The standard InChI is InChI=1S/C27H24F4N6O2/c1-14(16-10-17(28)12-18(11-16)39-27(29,30)31)21-20-23(36-35-21)33-25(34-24(20)38)37-8-6-26(7-9-37)13-15-4-2-3-5-19(15)22(26)32/h2-5,10-12,22H,1,6-9,13,32H2,(H2,33,34,35,36,38)/t22-/m1/s1. The van der Waals surface area contributed by atoms with Crippen LogP contribution in [0, 0.1) is 11.2 Å². The molecule has 1 aliphatic heterocycles. The zero-order valence-corrected chi connectivity index (χ0v) is 20.6. The monoisotopic (exact) mass is 540 g/mol. The van der Waals surface area contributed by atoms with Crippen LogP contribution in [0.5, 0.6) is 5.75 Å². The van der Waals surface area contributed by atoms with Crippen LogP contribution in [0.15, 0.2) is 53.8 Å². The first-order chi connectivity index (χ1) is 18.5. The molecule has 3 heterocycles. The Morgan fingerprint density at radius 3 is 2.64 bits per heavy atom. The zero-order chi connectivity index (χ0) is 27.5. The number of nitrogens with one attached hydrogen (secondary N) is 2. The molecule has 8 nitrogen and oxygen atoms in total. The number of anilines is 1. The fourth-order valence-electron chi connectivity index (χ4n) is 5.83. The van der Waals surface area contributed by atoms with Gasteiger partial charge >= 0.3 is 6.36 Å². The van der Waals surface area contributed by atoms with Crippen molar-refractivity contribution in [1.82, 2.24) is 20.2 Å². The number of hydrogen-bond donors (Lipinski definition) is 3. The van der Waals surface area contributed by atoms with Gasteiger partial charge in [-0.1, -0.05) is 30.8 Å². The summed E-state index contributed by atoms with van der Waals surface area (Å²) in [6.45, 7) is 5.13. The molecule has 0 saturated carbocycles. The summed E-state index contributed by atoms with van der Waals surface area (Å²) in [4.78, 5) is 22.4. The second kappa shape index (κ2) is 8.94. The molecule has 1 atom stereocenters. The van der Waals surface area contributed by atoms with Gasteiger partial charge in [0.1, 0.15) is 17.0 Å². The van der Waals surface area contributed by atoms with Crippen LogP contribution in [0.2, 0.25) is 0 Å². The number of H-pyrrole nitrogens is 2. The fourth-order valence-corrected chi connectivity index (χ4v) is 5.83. The van der Waals surface area contributed by atoms with Gasteiger partial charge in [-0.25, -0.2) is 4.39 Å². The first-order valence-electron chi connectivity index (χ1n) is 12.4. The number of halogens is 4. The highest BCUT2D eigenvalue weighted by atomic mass is 19.4. The van der Waals surface area contributed by atoms with E-state index in [-0.39, 0.29) is 39.3 Å². The second-order valence-corrected chi connectivity index (χ2v) is 10.1. The van der Waals surface area contributed by atoms with Crippen molar-refractivity contribution in [3.8, 4) is 5.75 Å². The van der Waals surface area contributed by atoms with Gasteiger partial charge in [-0.05, 0) is 53.5 Å². The summed E-state index contributed by atoms with van der Waals surface area (Å²) < 4.78 is 55.9. The Bertz CT molecular complexity index is 1650. The molecule has 1 fully saturated rings. The number of alkyl halides is 3. The zero-order valence-electron chi connectivity index (χ0n) is 20.6. The maximum Gasteiger partial charge on any atom is 0.573 e. The molecule has 2 aromatic heterocycles. The maximum atomic E-state index is 14.1. The lowest BCUT2D eigenvalue weighted by atomic mass is 9.73. The van der Waals surface area contributed by atoms with E-state index in [0.29, 0.717) is 25.1 Å². The van der Waals surface area contributed by atoms with Crippen molar-refractivity contribution in [2.24, 2.45) is 11.1 Å². The molecule has 12 heteroatoms. The predicted octanol–water partition coefficient (Wildman–Crippen LogP) is 4.59. The Hall–Kier alpha value is -4.19. The van der Waals surface area contributed by atoms with Crippen molar-refractivity contribution in [1.29, 1.82) is 0 Å². The lowest BCUT2D eigenvalue weighted by Gasteiger charge is -2.42. The molecule has 2 aliphatic rings. The number of piperidine rings is 1. The molecule has 1 aliphatic carbocycles. The van der Waals surface area contributed by atoms with Gasteiger partial charge in [0, 0.05) is 30.8 Å². The van der Waals surface area contributed by atoms with E-state index in [0.717, 1.165) is 31.4 Å². The first kappa shape index (κ1) is 25.1. The minimum Gasteiger partial charge on any atom is -0.406 e. The Labute approximate surface area is 219 Å². The van der Waals surface area contributed by atoms with Crippen molar-refractivity contribution in [3.05, 3.63) is 87.6 Å². The number of aromatic nitrogens is 4. The van der Waals surface area contributed by atoms with Gasteiger partial charge in [0.05, 0.1) is 5.69 Å². The normalized spacial score (nSPS) is 18.5. The van der Waals surface area contributed by atoms with Crippen molar-refractivity contribution >= 4 is 22.6 Å². The Balaban J connectivity index is 1.24. The number of nitrogens with zero attached hydrogens (tertiary/aromatic N) is 3. The van der Waals surface area contributed by atoms with Crippen LogP contribution >= 0.6 is 0 Å². The highest BCUT2D eigenvalue weighted by Gasteiger charge is 2.46. The lowest BCUT2D eigenvalue weighted by Crippen LogP contribution is -2.45. The number of fused-ring (bicyclic) bond motifs is 2. The smallest absolute Gasteiger partial charge is 0.406 e. The van der Waals surface area contributed by atoms with Crippen LogP contribution in [-0.2, 0) is 6.42 Å². The highest BCUT2D eigenvalue weighted by Crippen LogP contribution is 2.50. The summed E-state index contributed by atoms with van der Waals surface area (Å²) in [7, 11) is 0. The van der Waals surface area contributed by atoms with Crippen LogP contribution in [0.1, 0.15) is 41.3 Å². The predicted molar refractivity (Wildman–Crippen MR) is 137 cm³/mol. The highest BCUT2D eigenvalue weighted by molar-refractivity contribution is 5.92. The lowest BCUT2D eigenvalue weighted by molar-refractivity contribution is -0.274. The molecule has 2 aromatic carbocycles. The third-order valence-corrected chi connectivity index (χ3v) is 7.82. The average Bonchev–Trinajstić information content (AvgIpc) is 3.42. The third kappa shape index (κ3) is 4.44. The molecular formula is C27H24F4N6O2. The molecule has 1 saturated heterocycles. The van der Waals surface area contributed by atoms with Crippen LogP contribution in [0.3, 0.4) is 0 Å². The molecule has 4 aromatic rings. The fraction of sp³-hybridized carbons (Fsp3) is 0.296. The number of rotatable bonds is 4. The number of hydrogen-bond acceptors (Lipinski definition) is 6. The van der Waals surface area contributed by atoms with Gasteiger partial charge in [0.15, 0.2) is 5.65 Å². The van der Waals surface area contributed by atoms with E-state index in [1.165, 1.54) is 11.1 Å². The van der Waals surface area contributed by atoms with Crippen molar-refractivity contribution in [2.45, 2.75) is 31.7 Å². The van der Waals surface area contributed by atoms with E-state index >= 15 is 0 Å². The van der Waals surface area contributed by atoms with Crippen molar-refractivity contribution in [3.63, 3.8) is 0 Å². The summed E-state index contributed by atoms with van der Waals surface area (Å²) in [5, 5.41) is 6.86. The molecule has 6 rings (SSSR count). The van der Waals surface area contributed by atoms with Crippen molar-refractivity contribution in [2.75, 3.05) is 18.0 Å². The van der Waals surface area contributed by atoms with E-state index in [4.69, 9.17) is 5.73 Å². The van der Waals surface area contributed by atoms with E-state index < -0.39 is 23.5 Å². The minimum absolute atomic E-state index is 0.0153. The van der Waals surface area contributed by atoms with E-state index in [1.807, 2.05) is 17.0 Å². The Kier molecular flexibility index (Phi) is 5.75. The van der Waals surface area contributed by atoms with Gasteiger partial charge in [0.2, 0.25) is 5.95 Å². The topological polar surface area (TPSA) is 113 Å². The van der Waals surface area contributed by atoms with Crippen LogP contribution in [0.25, 0.3) is 16.6 Å². The summed E-state index contributed by atoms with van der Waals surface area (Å²) in [6, 6.07) is 10.8. The largest absolute Gasteiger partial charge is 0.573 e. The molecule has 4 N–H and O–H groups in total. The first-order valence-corrected chi connectivity index (χ1v) is 12.4. The number of aromatic amines is 2. The molecule has 1 spiro atoms. The Morgan fingerprint density at radius 2 is 1.92 bits per heavy atom. The third-order valence-electron chi connectivity index (χ3n) is 7.82. The molecule has 0 bridgehead atoms. The van der Waals surface area contributed by atoms with E-state index in [9.17, 15) is 22.4 Å². The molecule has 202 valence electrons. The summed E-state index contributed by atoms with van der Waals surface area (Å²) in [5.74, 6) is -1.34. The summed E-state index contributed by atoms with van der Waals surface area (Å²) in [5.41, 5.74) is 8.86. The maximum absolute atomic E-state index is 14.1. The van der Waals surface area contributed by atoms with E-state index in [2.05, 4.69) is 43.6 Å².